The van der Waals surface area contributed by atoms with Crippen LogP contribution in [0.1, 0.15) is 34.9 Å². The number of carbonyl (C=O) groups is 1. The number of nitrogens with zero attached hydrogens (tertiary/aromatic N) is 1. The lowest BCUT2D eigenvalue weighted by molar-refractivity contribution is -0.137. The summed E-state index contributed by atoms with van der Waals surface area (Å²) in [5, 5.41) is 16.2. The van der Waals surface area contributed by atoms with Gasteiger partial charge in [-0.1, -0.05) is 30.3 Å². The molecule has 94 valence electrons. The van der Waals surface area contributed by atoms with Crippen molar-refractivity contribution in [1.29, 1.82) is 0 Å². The van der Waals surface area contributed by atoms with Crippen molar-refractivity contribution in [2.45, 2.75) is 26.2 Å². The fourth-order valence-corrected chi connectivity index (χ4v) is 2.32. The number of aromatic amines is 1. The monoisotopic (exact) mass is 244 g/mol. The molecule has 0 fully saturated rings. The van der Waals surface area contributed by atoms with E-state index >= 15 is 0 Å². The highest BCUT2D eigenvalue weighted by Crippen LogP contribution is 2.31. The van der Waals surface area contributed by atoms with Gasteiger partial charge in [0.2, 0.25) is 0 Å². The van der Waals surface area contributed by atoms with Crippen LogP contribution in [0.2, 0.25) is 0 Å². The van der Waals surface area contributed by atoms with E-state index in [-0.39, 0.29) is 12.3 Å². The van der Waals surface area contributed by atoms with E-state index in [4.69, 9.17) is 5.11 Å². The highest BCUT2D eigenvalue weighted by Gasteiger charge is 2.22. The number of hydrogen-bond donors (Lipinski definition) is 2. The number of aliphatic carboxylic acids is 1. The molecule has 4 heteroatoms. The summed E-state index contributed by atoms with van der Waals surface area (Å²) in [6.07, 6.45) is 0.0746. The van der Waals surface area contributed by atoms with Crippen molar-refractivity contribution in [3.63, 3.8) is 0 Å². The standard InChI is InChI=1S/C14H16N2O2/c1-9-14(10(2)16-15-9)12(8-13(17)18)11-6-4-3-5-7-11/h3-7,12H,8H2,1-2H3,(H,15,16)(H,17,18). The zero-order chi connectivity index (χ0) is 13.1. The van der Waals surface area contributed by atoms with Crippen LogP contribution in [0.25, 0.3) is 0 Å². The molecule has 0 bridgehead atoms. The highest BCUT2D eigenvalue weighted by atomic mass is 16.4. The van der Waals surface area contributed by atoms with Crippen LogP contribution >= 0.6 is 0 Å². The first kappa shape index (κ1) is 12.4. The Kier molecular flexibility index (Phi) is 3.46. The second-order valence-corrected chi connectivity index (χ2v) is 4.41. The third-order valence-electron chi connectivity index (χ3n) is 3.11. The second-order valence-electron chi connectivity index (χ2n) is 4.41. The molecule has 1 aromatic heterocycles. The summed E-state index contributed by atoms with van der Waals surface area (Å²) >= 11 is 0. The van der Waals surface area contributed by atoms with Crippen LogP contribution in [0.3, 0.4) is 0 Å². The van der Waals surface area contributed by atoms with E-state index in [1.807, 2.05) is 44.2 Å². The van der Waals surface area contributed by atoms with Crippen LogP contribution in [0.15, 0.2) is 30.3 Å². The van der Waals surface area contributed by atoms with Crippen LogP contribution < -0.4 is 0 Å². The summed E-state index contributed by atoms with van der Waals surface area (Å²) in [4.78, 5) is 11.1. The third-order valence-corrected chi connectivity index (χ3v) is 3.11. The van der Waals surface area contributed by atoms with Gasteiger partial charge in [0.1, 0.15) is 0 Å². The largest absolute Gasteiger partial charge is 0.481 e. The zero-order valence-electron chi connectivity index (χ0n) is 10.5. The van der Waals surface area contributed by atoms with Gasteiger partial charge >= 0.3 is 5.97 Å². The van der Waals surface area contributed by atoms with Crippen molar-refractivity contribution in [3.8, 4) is 0 Å². The number of carboxylic acids is 1. The molecule has 18 heavy (non-hydrogen) atoms. The minimum Gasteiger partial charge on any atom is -0.481 e. The van der Waals surface area contributed by atoms with Gasteiger partial charge in [0.05, 0.1) is 12.1 Å². The first-order valence-electron chi connectivity index (χ1n) is 5.87. The van der Waals surface area contributed by atoms with E-state index in [2.05, 4.69) is 10.2 Å². The predicted octanol–water partition coefficient (Wildman–Crippen LogP) is 2.63. The maximum atomic E-state index is 11.1. The Morgan fingerprint density at radius 1 is 1.33 bits per heavy atom. The number of carboxylic acid groups (broad SMARTS) is 1. The van der Waals surface area contributed by atoms with Crippen molar-refractivity contribution < 1.29 is 9.90 Å². The molecule has 2 N–H and O–H groups in total. The summed E-state index contributed by atoms with van der Waals surface area (Å²) in [6, 6.07) is 9.69. The van der Waals surface area contributed by atoms with Gasteiger partial charge in [0.25, 0.3) is 0 Å². The summed E-state index contributed by atoms with van der Waals surface area (Å²) < 4.78 is 0. The normalized spacial score (nSPS) is 12.3. The van der Waals surface area contributed by atoms with Gasteiger partial charge < -0.3 is 5.11 Å². The maximum Gasteiger partial charge on any atom is 0.304 e. The summed E-state index contributed by atoms with van der Waals surface area (Å²) in [5.74, 6) is -0.952. The van der Waals surface area contributed by atoms with E-state index in [0.717, 1.165) is 22.5 Å². The van der Waals surface area contributed by atoms with Gasteiger partial charge in [-0.25, -0.2) is 0 Å². The SMILES string of the molecule is Cc1n[nH]c(C)c1C(CC(=O)O)c1ccccc1. The molecule has 1 aromatic carbocycles. The van der Waals surface area contributed by atoms with Gasteiger partial charge in [-0.2, -0.15) is 5.10 Å². The number of rotatable bonds is 4. The molecule has 0 aliphatic carbocycles. The number of H-pyrrole nitrogens is 1. The van der Waals surface area contributed by atoms with Crippen LogP contribution in [-0.2, 0) is 4.79 Å². The number of hydrogen-bond acceptors (Lipinski definition) is 2. The van der Waals surface area contributed by atoms with Crippen LogP contribution in [0, 0.1) is 13.8 Å². The molecule has 1 atom stereocenters. The summed E-state index contributed by atoms with van der Waals surface area (Å²) in [5.41, 5.74) is 3.79. The maximum absolute atomic E-state index is 11.1. The molecule has 2 aromatic rings. The van der Waals surface area contributed by atoms with Crippen molar-refractivity contribution in [2.24, 2.45) is 0 Å². The lowest BCUT2D eigenvalue weighted by atomic mass is 9.87. The Labute approximate surface area is 106 Å². The van der Waals surface area contributed by atoms with Gasteiger partial charge in [-0.3, -0.25) is 9.89 Å². The second kappa shape index (κ2) is 5.04. The molecule has 1 heterocycles. The average molecular weight is 244 g/mol. The lowest BCUT2D eigenvalue weighted by Crippen LogP contribution is -2.09. The average Bonchev–Trinajstić information content (AvgIpc) is 2.67. The third kappa shape index (κ3) is 2.42. The van der Waals surface area contributed by atoms with Gasteiger partial charge in [-0.15, -0.1) is 0 Å². The number of aromatic nitrogens is 2. The van der Waals surface area contributed by atoms with E-state index in [0.29, 0.717) is 0 Å². The van der Waals surface area contributed by atoms with Crippen molar-refractivity contribution >= 4 is 5.97 Å². The molecule has 0 saturated carbocycles. The molecular weight excluding hydrogens is 228 g/mol. The van der Waals surface area contributed by atoms with Crippen LogP contribution in [0.4, 0.5) is 0 Å². The first-order chi connectivity index (χ1) is 8.59. The minimum atomic E-state index is -0.802. The number of nitrogens with one attached hydrogen (secondary N) is 1. The molecule has 2 rings (SSSR count). The molecule has 0 aliphatic heterocycles. The van der Waals surface area contributed by atoms with Crippen molar-refractivity contribution in [3.05, 3.63) is 52.8 Å². The molecule has 0 spiro atoms. The Hall–Kier alpha value is -2.10. The topological polar surface area (TPSA) is 66.0 Å². The summed E-state index contributed by atoms with van der Waals surface area (Å²) in [6.45, 7) is 3.82. The van der Waals surface area contributed by atoms with E-state index < -0.39 is 5.97 Å². The number of aryl methyl sites for hydroxylation is 2. The Balaban J connectivity index is 2.47. The smallest absolute Gasteiger partial charge is 0.304 e. The highest BCUT2D eigenvalue weighted by molar-refractivity contribution is 5.69. The van der Waals surface area contributed by atoms with Gasteiger partial charge in [0, 0.05) is 17.2 Å². The number of benzene rings is 1. The molecule has 1 unspecified atom stereocenters. The molecule has 0 amide bonds. The van der Waals surface area contributed by atoms with E-state index in [9.17, 15) is 4.79 Å². The van der Waals surface area contributed by atoms with Crippen molar-refractivity contribution in [1.82, 2.24) is 10.2 Å². The molecule has 0 aliphatic rings. The van der Waals surface area contributed by atoms with Gasteiger partial charge in [0.15, 0.2) is 0 Å². The quantitative estimate of drug-likeness (QED) is 0.868. The first-order valence-corrected chi connectivity index (χ1v) is 5.87. The zero-order valence-corrected chi connectivity index (χ0v) is 10.5. The molecule has 4 nitrogen and oxygen atoms in total. The fraction of sp³-hybridized carbons (Fsp3) is 0.286. The lowest BCUT2D eigenvalue weighted by Gasteiger charge is -2.16. The Morgan fingerprint density at radius 2 is 2.00 bits per heavy atom. The molecule has 0 radical (unpaired) electrons. The van der Waals surface area contributed by atoms with E-state index in [1.54, 1.807) is 0 Å². The molecule has 0 saturated heterocycles. The van der Waals surface area contributed by atoms with E-state index in [1.165, 1.54) is 0 Å². The van der Waals surface area contributed by atoms with Crippen LogP contribution in [0.5, 0.6) is 0 Å². The Bertz CT molecular complexity index is 527. The molecular formula is C14H16N2O2. The van der Waals surface area contributed by atoms with Crippen LogP contribution in [-0.4, -0.2) is 21.3 Å². The minimum absolute atomic E-state index is 0.0746. The fourth-order valence-electron chi connectivity index (χ4n) is 2.32. The van der Waals surface area contributed by atoms with Crippen molar-refractivity contribution in [2.75, 3.05) is 0 Å². The Morgan fingerprint density at radius 3 is 2.50 bits per heavy atom. The summed E-state index contributed by atoms with van der Waals surface area (Å²) in [7, 11) is 0. The predicted molar refractivity (Wildman–Crippen MR) is 68.6 cm³/mol. The van der Waals surface area contributed by atoms with Gasteiger partial charge in [-0.05, 0) is 19.4 Å².